The van der Waals surface area contributed by atoms with E-state index < -0.39 is 0 Å². The predicted molar refractivity (Wildman–Crippen MR) is 192 cm³/mol. The van der Waals surface area contributed by atoms with Gasteiger partial charge < -0.3 is 0 Å². The Hall–Kier alpha value is -5.21. The molecule has 0 saturated heterocycles. The van der Waals surface area contributed by atoms with Crippen molar-refractivity contribution in [1.29, 1.82) is 0 Å². The summed E-state index contributed by atoms with van der Waals surface area (Å²) in [6, 6.07) is 30.2. The number of nitrogens with zero attached hydrogens (tertiary/aromatic N) is 2. The molecule has 44 heavy (non-hydrogen) atoms. The number of hydrogen-bond acceptors (Lipinski definition) is 1. The van der Waals surface area contributed by atoms with Crippen molar-refractivity contribution in [2.75, 3.05) is 0 Å². The molecule has 2 nitrogen and oxygen atoms in total. The van der Waals surface area contributed by atoms with Crippen molar-refractivity contribution >= 4 is 40.0 Å². The van der Waals surface area contributed by atoms with Gasteiger partial charge in [0.2, 0.25) is 0 Å². The van der Waals surface area contributed by atoms with E-state index in [-0.39, 0.29) is 0 Å². The third-order valence-electron chi connectivity index (χ3n) is 7.83. The van der Waals surface area contributed by atoms with Gasteiger partial charge in [-0.15, -0.1) is 0 Å². The first kappa shape index (κ1) is 30.3. The molecule has 0 N–H and O–H groups in total. The molecule has 0 radical (unpaired) electrons. The maximum absolute atomic E-state index is 5.01. The van der Waals surface area contributed by atoms with Crippen LogP contribution in [0.25, 0.3) is 51.2 Å². The standard InChI is InChI=1S/C42H40N2/c1-6-9-23-37(8-3)44-41-27-13-12-26-40(41)43-42(44)33(7-2)29-28-32(5)34-19-15-21-35-18-10-11-24-38(35)39(25-16-20-34)36-22-14-17-31(4)30-36/h6-9,12-30H,2-3,10-11H2,1,4-5H3/b9-6-,20-16?,21-15?,32-28+,33-29+,34-19?,37-23+,39-25?. The van der Waals surface area contributed by atoms with Gasteiger partial charge in [-0.1, -0.05) is 134 Å². The van der Waals surface area contributed by atoms with Crippen molar-refractivity contribution in [3.8, 4) is 11.1 Å². The van der Waals surface area contributed by atoms with E-state index in [9.17, 15) is 0 Å². The molecule has 0 aliphatic heterocycles. The summed E-state index contributed by atoms with van der Waals surface area (Å²) in [6.07, 6.45) is 20.9. The van der Waals surface area contributed by atoms with Gasteiger partial charge in [0, 0.05) is 11.3 Å². The second-order valence-corrected chi connectivity index (χ2v) is 10.9. The van der Waals surface area contributed by atoms with Crippen LogP contribution in [0, 0.1) is 6.92 Å². The number of fused-ring (bicyclic) bond motifs is 2. The highest BCUT2D eigenvalue weighted by molar-refractivity contribution is 5.88. The Balaban J connectivity index is 1.62. The fraction of sp³-hybridized carbons (Fsp3) is 0.119. The van der Waals surface area contributed by atoms with Gasteiger partial charge >= 0.3 is 0 Å². The Labute approximate surface area is 261 Å². The molecule has 3 aromatic carbocycles. The highest BCUT2D eigenvalue weighted by atomic mass is 15.1. The van der Waals surface area contributed by atoms with Crippen LogP contribution in [0.15, 0.2) is 141 Å². The van der Waals surface area contributed by atoms with Gasteiger partial charge in [-0.3, -0.25) is 4.57 Å². The fourth-order valence-corrected chi connectivity index (χ4v) is 5.55. The SMILES string of the molecule is C=C/C(=C\C=C(/C)c1cccc(-c2cccc(C)c2)c2c(ccc1)=CCCC=2)c1nc2ccccc2n1/C(C=C)=C/C=C\C. The van der Waals surface area contributed by atoms with E-state index in [1.807, 2.05) is 49.4 Å². The molecule has 218 valence electrons. The van der Waals surface area contributed by atoms with Crippen molar-refractivity contribution in [1.82, 2.24) is 9.55 Å². The first-order valence-corrected chi connectivity index (χ1v) is 15.2. The van der Waals surface area contributed by atoms with Gasteiger partial charge in [0.05, 0.1) is 11.0 Å². The lowest BCUT2D eigenvalue weighted by atomic mass is 9.98. The van der Waals surface area contributed by atoms with Crippen molar-refractivity contribution in [2.24, 2.45) is 0 Å². The molecule has 1 aromatic heterocycles. The molecule has 1 heterocycles. The molecule has 2 heteroatoms. The highest BCUT2D eigenvalue weighted by Crippen LogP contribution is 2.27. The number of aryl methyl sites for hydroxylation is 1. The first-order valence-electron chi connectivity index (χ1n) is 15.2. The van der Waals surface area contributed by atoms with Gasteiger partial charge in [-0.2, -0.15) is 0 Å². The smallest absolute Gasteiger partial charge is 0.145 e. The number of para-hydroxylation sites is 2. The lowest BCUT2D eigenvalue weighted by Gasteiger charge is -2.10. The molecular weight excluding hydrogens is 532 g/mol. The number of allylic oxidation sites excluding steroid dienone is 10. The van der Waals surface area contributed by atoms with Crippen molar-refractivity contribution in [2.45, 2.75) is 33.6 Å². The first-order chi connectivity index (χ1) is 21.5. The number of hydrogen-bond donors (Lipinski definition) is 0. The van der Waals surface area contributed by atoms with Crippen LogP contribution in [-0.4, -0.2) is 9.55 Å². The molecule has 0 atom stereocenters. The van der Waals surface area contributed by atoms with E-state index in [1.165, 1.54) is 27.1 Å². The average Bonchev–Trinajstić information content (AvgIpc) is 3.42. The minimum atomic E-state index is 0.825. The van der Waals surface area contributed by atoms with E-state index in [1.54, 1.807) is 0 Å². The Morgan fingerprint density at radius 2 is 1.59 bits per heavy atom. The average molecular weight is 573 g/mol. The van der Waals surface area contributed by atoms with E-state index in [0.717, 1.165) is 52.1 Å². The summed E-state index contributed by atoms with van der Waals surface area (Å²) in [5.41, 5.74) is 9.85. The maximum atomic E-state index is 5.01. The van der Waals surface area contributed by atoms with Gasteiger partial charge in [0.15, 0.2) is 0 Å². The second-order valence-electron chi connectivity index (χ2n) is 10.9. The largest absolute Gasteiger partial charge is 0.292 e. The summed E-state index contributed by atoms with van der Waals surface area (Å²) in [5, 5.41) is 2.57. The van der Waals surface area contributed by atoms with E-state index in [4.69, 9.17) is 4.98 Å². The summed E-state index contributed by atoms with van der Waals surface area (Å²) >= 11 is 0. The minimum Gasteiger partial charge on any atom is -0.292 e. The van der Waals surface area contributed by atoms with Crippen LogP contribution in [0.2, 0.25) is 0 Å². The van der Waals surface area contributed by atoms with Crippen LogP contribution in [0.1, 0.15) is 43.6 Å². The predicted octanol–water partition coefficient (Wildman–Crippen LogP) is 9.77. The van der Waals surface area contributed by atoms with Gasteiger partial charge in [-0.25, -0.2) is 4.98 Å². The summed E-state index contributed by atoms with van der Waals surface area (Å²) in [4.78, 5) is 5.01. The second kappa shape index (κ2) is 14.3. The summed E-state index contributed by atoms with van der Waals surface area (Å²) in [6.45, 7) is 14.5. The van der Waals surface area contributed by atoms with E-state index in [0.29, 0.717) is 0 Å². The highest BCUT2D eigenvalue weighted by Gasteiger charge is 2.14. The number of rotatable bonds is 8. The maximum Gasteiger partial charge on any atom is 0.145 e. The third kappa shape index (κ3) is 6.71. The molecule has 0 saturated carbocycles. The molecule has 0 amide bonds. The molecule has 4 aromatic rings. The fourth-order valence-electron chi connectivity index (χ4n) is 5.55. The Morgan fingerprint density at radius 1 is 0.818 bits per heavy atom. The van der Waals surface area contributed by atoms with Crippen LogP contribution in [0.4, 0.5) is 0 Å². The van der Waals surface area contributed by atoms with E-state index in [2.05, 4.69) is 129 Å². The van der Waals surface area contributed by atoms with Crippen LogP contribution in [0.3, 0.4) is 0 Å². The Bertz CT molecular complexity index is 2020. The summed E-state index contributed by atoms with van der Waals surface area (Å²) < 4.78 is 2.14. The van der Waals surface area contributed by atoms with Crippen molar-refractivity contribution in [3.05, 3.63) is 168 Å². The van der Waals surface area contributed by atoms with Crippen LogP contribution in [0.5, 0.6) is 0 Å². The van der Waals surface area contributed by atoms with Gasteiger partial charge in [-0.05, 0) is 90.6 Å². The Kier molecular flexibility index (Phi) is 9.84. The third-order valence-corrected chi connectivity index (χ3v) is 7.83. The van der Waals surface area contributed by atoms with Crippen LogP contribution >= 0.6 is 0 Å². The normalized spacial score (nSPS) is 13.6. The quantitative estimate of drug-likeness (QED) is 0.192. The van der Waals surface area contributed by atoms with E-state index >= 15 is 0 Å². The molecule has 1 aliphatic carbocycles. The molecule has 1 aliphatic rings. The number of aromatic nitrogens is 2. The van der Waals surface area contributed by atoms with Gasteiger partial charge in [0.1, 0.15) is 5.82 Å². The monoisotopic (exact) mass is 572 g/mol. The molecule has 0 unspecified atom stereocenters. The summed E-state index contributed by atoms with van der Waals surface area (Å²) in [7, 11) is 0. The number of imidazole rings is 1. The molecular formula is C42H40N2. The zero-order valence-corrected chi connectivity index (χ0v) is 26.0. The lowest BCUT2D eigenvalue weighted by molar-refractivity contribution is 1.10. The molecule has 0 bridgehead atoms. The van der Waals surface area contributed by atoms with Crippen LogP contribution < -0.4 is 10.4 Å². The topological polar surface area (TPSA) is 17.8 Å². The minimum absolute atomic E-state index is 0.825. The van der Waals surface area contributed by atoms with Crippen molar-refractivity contribution < 1.29 is 0 Å². The van der Waals surface area contributed by atoms with Crippen LogP contribution in [-0.2, 0) is 0 Å². The zero-order chi connectivity index (χ0) is 30.9. The van der Waals surface area contributed by atoms with Gasteiger partial charge in [0.25, 0.3) is 0 Å². The van der Waals surface area contributed by atoms with Crippen molar-refractivity contribution in [3.63, 3.8) is 0 Å². The molecule has 5 rings (SSSR count). The summed E-state index contributed by atoms with van der Waals surface area (Å²) in [5.74, 6) is 0.825. The lowest BCUT2D eigenvalue weighted by Crippen LogP contribution is -2.27. The number of benzene rings is 2. The zero-order valence-electron chi connectivity index (χ0n) is 26.0. The Morgan fingerprint density at radius 3 is 2.36 bits per heavy atom. The molecule has 0 spiro atoms. The molecule has 0 fully saturated rings.